The molecule has 1 heterocycles. The number of hydrogen-bond donors (Lipinski definition) is 2. The van der Waals surface area contributed by atoms with Crippen LogP contribution in [0, 0.1) is 11.8 Å². The summed E-state index contributed by atoms with van der Waals surface area (Å²) in [4.78, 5) is 25.8. The minimum Gasteiger partial charge on any atom is -0.496 e. The van der Waals surface area contributed by atoms with Gasteiger partial charge in [-0.2, -0.15) is 5.10 Å². The van der Waals surface area contributed by atoms with E-state index < -0.39 is 0 Å². The number of benzene rings is 1. The maximum atomic E-state index is 13.4. The van der Waals surface area contributed by atoms with Gasteiger partial charge in [-0.25, -0.2) is 0 Å². The van der Waals surface area contributed by atoms with Crippen LogP contribution >= 0.6 is 0 Å². The van der Waals surface area contributed by atoms with Gasteiger partial charge in [-0.3, -0.25) is 14.3 Å². The third-order valence-corrected chi connectivity index (χ3v) is 6.25. The number of carbonyl (C=O) groups excluding carboxylic acids is 2. The van der Waals surface area contributed by atoms with Crippen LogP contribution in [0.1, 0.15) is 77.2 Å². The van der Waals surface area contributed by atoms with Gasteiger partial charge in [0.2, 0.25) is 5.91 Å². The number of methoxy groups -OCH3 is 2. The van der Waals surface area contributed by atoms with Gasteiger partial charge in [-0.1, -0.05) is 53.5 Å². The second-order valence-corrected chi connectivity index (χ2v) is 9.86. The highest BCUT2D eigenvalue weighted by Gasteiger charge is 2.24. The number of aromatic nitrogens is 2. The Morgan fingerprint density at radius 1 is 1.08 bits per heavy atom. The molecule has 2 amide bonds. The first kappa shape index (κ1) is 29.2. The summed E-state index contributed by atoms with van der Waals surface area (Å²) in [7, 11) is 3.23. The molecule has 0 radical (unpaired) electrons. The van der Waals surface area contributed by atoms with Gasteiger partial charge >= 0.3 is 0 Å². The zero-order valence-corrected chi connectivity index (χ0v) is 23.0. The molecule has 0 aliphatic heterocycles. The predicted octanol–water partition coefficient (Wildman–Crippen LogP) is 5.06. The molecule has 0 spiro atoms. The van der Waals surface area contributed by atoms with E-state index in [1.54, 1.807) is 20.3 Å². The van der Waals surface area contributed by atoms with E-state index in [1.165, 1.54) is 0 Å². The lowest BCUT2D eigenvalue weighted by Gasteiger charge is -2.20. The van der Waals surface area contributed by atoms with Crippen molar-refractivity contribution in [1.82, 2.24) is 20.4 Å². The molecule has 0 fully saturated rings. The van der Waals surface area contributed by atoms with E-state index in [-0.39, 0.29) is 24.3 Å². The van der Waals surface area contributed by atoms with Crippen LogP contribution in [0.15, 0.2) is 24.3 Å². The number of hydrogen-bond acceptors (Lipinski definition) is 5. The van der Waals surface area contributed by atoms with Crippen LogP contribution in [-0.2, 0) is 11.3 Å². The summed E-state index contributed by atoms with van der Waals surface area (Å²) in [5.41, 5.74) is 1.82. The molecule has 0 bridgehead atoms. The molecule has 1 aromatic carbocycles. The lowest BCUT2D eigenvalue weighted by Crippen LogP contribution is -2.40. The zero-order valence-electron chi connectivity index (χ0n) is 23.0. The second-order valence-electron chi connectivity index (χ2n) is 9.86. The first-order valence-electron chi connectivity index (χ1n) is 13.1. The fourth-order valence-corrected chi connectivity index (χ4v) is 4.12. The fraction of sp³-hybridized carbons (Fsp3) is 0.607. The molecule has 2 aromatic rings. The van der Waals surface area contributed by atoms with Crippen molar-refractivity contribution < 1.29 is 19.1 Å². The van der Waals surface area contributed by atoms with Crippen molar-refractivity contribution >= 4 is 11.8 Å². The molecule has 8 nitrogen and oxygen atoms in total. The summed E-state index contributed by atoms with van der Waals surface area (Å²) in [6, 6.07) is 7.11. The van der Waals surface area contributed by atoms with Crippen LogP contribution in [0.4, 0.5) is 0 Å². The van der Waals surface area contributed by atoms with E-state index in [4.69, 9.17) is 14.6 Å². The van der Waals surface area contributed by atoms with Gasteiger partial charge in [-0.05, 0) is 42.9 Å². The summed E-state index contributed by atoms with van der Waals surface area (Å²) in [5, 5.41) is 10.7. The fourth-order valence-electron chi connectivity index (χ4n) is 4.12. The normalized spacial score (nSPS) is 12.8. The Morgan fingerprint density at radius 3 is 2.31 bits per heavy atom. The molecule has 2 unspecified atom stereocenters. The maximum absolute atomic E-state index is 13.4. The van der Waals surface area contributed by atoms with Gasteiger partial charge in [0.15, 0.2) is 5.69 Å². The van der Waals surface area contributed by atoms with Gasteiger partial charge < -0.3 is 20.1 Å². The average molecular weight is 501 g/mol. The van der Waals surface area contributed by atoms with Crippen LogP contribution in [-0.4, -0.2) is 48.4 Å². The molecule has 0 saturated carbocycles. The van der Waals surface area contributed by atoms with Crippen molar-refractivity contribution in [1.29, 1.82) is 0 Å². The van der Waals surface area contributed by atoms with Gasteiger partial charge in [-0.15, -0.1) is 0 Å². The third-order valence-electron chi connectivity index (χ3n) is 6.25. The number of unbranched alkanes of at least 4 members (excludes halogenated alkanes) is 1. The zero-order chi connectivity index (χ0) is 26.7. The van der Waals surface area contributed by atoms with Gasteiger partial charge in [0.05, 0.1) is 25.5 Å². The Balaban J connectivity index is 2.37. The molecular formula is C28H44N4O4. The van der Waals surface area contributed by atoms with Crippen LogP contribution in [0.3, 0.4) is 0 Å². The molecule has 0 aliphatic carbocycles. The van der Waals surface area contributed by atoms with Crippen molar-refractivity contribution in [2.45, 2.75) is 79.3 Å². The third kappa shape index (κ3) is 8.28. The molecule has 2 N–H and O–H groups in total. The van der Waals surface area contributed by atoms with E-state index in [9.17, 15) is 9.59 Å². The van der Waals surface area contributed by atoms with E-state index in [1.807, 2.05) is 22.9 Å². The smallest absolute Gasteiger partial charge is 0.272 e. The van der Waals surface area contributed by atoms with E-state index in [0.29, 0.717) is 48.5 Å². The first-order chi connectivity index (χ1) is 17.2. The Hall–Kier alpha value is -3.03. The largest absolute Gasteiger partial charge is 0.496 e. The highest BCUT2D eigenvalue weighted by Crippen LogP contribution is 2.39. The monoisotopic (exact) mass is 500 g/mol. The van der Waals surface area contributed by atoms with E-state index in [0.717, 1.165) is 30.5 Å². The van der Waals surface area contributed by atoms with Crippen molar-refractivity contribution in [2.24, 2.45) is 11.8 Å². The van der Waals surface area contributed by atoms with Gasteiger partial charge in [0, 0.05) is 25.6 Å². The summed E-state index contributed by atoms with van der Waals surface area (Å²) in [5.74, 6) is 1.65. The van der Waals surface area contributed by atoms with Crippen LogP contribution in [0.5, 0.6) is 11.5 Å². The van der Waals surface area contributed by atoms with Crippen LogP contribution in [0.25, 0.3) is 11.3 Å². The molecule has 8 heteroatoms. The minimum absolute atomic E-state index is 0.0452. The molecule has 36 heavy (non-hydrogen) atoms. The summed E-state index contributed by atoms with van der Waals surface area (Å²) in [6.45, 7) is 11.8. The van der Waals surface area contributed by atoms with Gasteiger partial charge in [0.25, 0.3) is 5.91 Å². The maximum Gasteiger partial charge on any atom is 0.272 e. The summed E-state index contributed by atoms with van der Waals surface area (Å²) < 4.78 is 13.1. The average Bonchev–Trinajstić information content (AvgIpc) is 3.26. The Kier molecular flexibility index (Phi) is 11.8. The molecule has 2 atom stereocenters. The van der Waals surface area contributed by atoms with Crippen molar-refractivity contribution in [3.8, 4) is 22.8 Å². The number of amides is 2. The lowest BCUT2D eigenvalue weighted by molar-refractivity contribution is -0.121. The Labute approximate surface area is 216 Å². The number of rotatable bonds is 15. The van der Waals surface area contributed by atoms with Crippen molar-refractivity contribution in [3.63, 3.8) is 0 Å². The second kappa shape index (κ2) is 14.5. The lowest BCUT2D eigenvalue weighted by atomic mass is 10.0. The minimum atomic E-state index is -0.292. The molecule has 200 valence electrons. The molecular weight excluding hydrogens is 456 g/mol. The molecule has 1 aromatic heterocycles. The molecule has 2 rings (SSSR count). The number of carbonyl (C=O) groups is 2. The van der Waals surface area contributed by atoms with E-state index >= 15 is 0 Å². The highest BCUT2D eigenvalue weighted by molar-refractivity contribution is 5.94. The number of ether oxygens (including phenoxy) is 2. The standard InChI is InChI=1S/C28H44N4O4/c1-8-10-14-29-26(33)16-21(15-19(3)4)30-28(34)22-17-23(32(31-22)18-20(5)9-2)27-24(35-6)12-11-13-25(27)36-7/h11-13,17,19-21H,8-10,14-16,18H2,1-7H3,(H,29,33)(H,30,34). The topological polar surface area (TPSA) is 94.5 Å². The predicted molar refractivity (Wildman–Crippen MR) is 143 cm³/mol. The van der Waals surface area contributed by atoms with Crippen molar-refractivity contribution in [2.75, 3.05) is 20.8 Å². The number of nitrogens with one attached hydrogen (secondary N) is 2. The molecule has 0 aliphatic rings. The SMILES string of the molecule is CCCCNC(=O)CC(CC(C)C)NC(=O)c1cc(-c2c(OC)cccc2OC)n(CC(C)CC)n1. The summed E-state index contributed by atoms with van der Waals surface area (Å²) >= 11 is 0. The number of nitrogens with zero attached hydrogens (tertiary/aromatic N) is 2. The van der Waals surface area contributed by atoms with Gasteiger partial charge in [0.1, 0.15) is 11.5 Å². The Bertz CT molecular complexity index is 964. The molecule has 0 saturated heterocycles. The van der Waals surface area contributed by atoms with Crippen LogP contribution < -0.4 is 20.1 Å². The van der Waals surface area contributed by atoms with Crippen molar-refractivity contribution in [3.05, 3.63) is 30.0 Å². The summed E-state index contributed by atoms with van der Waals surface area (Å²) in [6.07, 6.45) is 3.89. The van der Waals surface area contributed by atoms with E-state index in [2.05, 4.69) is 45.3 Å². The Morgan fingerprint density at radius 2 is 1.75 bits per heavy atom. The quantitative estimate of drug-likeness (QED) is 0.333. The first-order valence-corrected chi connectivity index (χ1v) is 13.1. The highest BCUT2D eigenvalue weighted by atomic mass is 16.5. The van der Waals surface area contributed by atoms with Crippen LogP contribution in [0.2, 0.25) is 0 Å².